The molecule has 0 aromatic heterocycles. The van der Waals surface area contributed by atoms with Crippen LogP contribution in [0.2, 0.25) is 0 Å². The van der Waals surface area contributed by atoms with Gasteiger partial charge in [-0.3, -0.25) is 0 Å². The smallest absolute Gasteiger partial charge is 0.185 e. The normalized spacial score (nSPS) is 25.1. The fraction of sp³-hybridized carbons (Fsp3) is 0.333. The number of ether oxygens (including phenoxy) is 2. The predicted molar refractivity (Wildman–Crippen MR) is 80.8 cm³/mol. The number of hydrogen-bond donors (Lipinski definition) is 1. The van der Waals surface area contributed by atoms with Gasteiger partial charge in [0.05, 0.1) is 6.61 Å². The lowest BCUT2D eigenvalue weighted by atomic mass is 9.97. The molecule has 0 bridgehead atoms. The molecule has 1 N–H and O–H groups in total. The van der Waals surface area contributed by atoms with Crippen LogP contribution in [0, 0.1) is 0 Å². The Labute approximate surface area is 125 Å². The van der Waals surface area contributed by atoms with E-state index in [-0.39, 0.29) is 18.8 Å². The Morgan fingerprint density at radius 3 is 2.38 bits per heavy atom. The summed E-state index contributed by atoms with van der Waals surface area (Å²) < 4.78 is 12.0. The van der Waals surface area contributed by atoms with Crippen LogP contribution in [0.4, 0.5) is 0 Å². The van der Waals surface area contributed by atoms with Gasteiger partial charge >= 0.3 is 0 Å². The molecule has 110 valence electrons. The fourth-order valence-corrected chi connectivity index (χ4v) is 2.80. The highest BCUT2D eigenvalue weighted by Crippen LogP contribution is 2.40. The van der Waals surface area contributed by atoms with E-state index < -0.39 is 6.29 Å². The molecule has 1 aliphatic rings. The summed E-state index contributed by atoms with van der Waals surface area (Å²) in [5.74, 6) is 0. The van der Waals surface area contributed by atoms with E-state index in [2.05, 4.69) is 19.1 Å². The van der Waals surface area contributed by atoms with E-state index in [4.69, 9.17) is 9.47 Å². The highest BCUT2D eigenvalue weighted by atomic mass is 16.7. The lowest BCUT2D eigenvalue weighted by Crippen LogP contribution is -2.20. The molecule has 1 aliphatic heterocycles. The second-order valence-electron chi connectivity index (χ2n) is 5.21. The second-order valence-corrected chi connectivity index (χ2v) is 5.21. The molecule has 0 saturated carbocycles. The SMILES string of the molecule is CCc1ccccc1C1OC(c2ccccc2)OC1CO. The van der Waals surface area contributed by atoms with Gasteiger partial charge in [-0.05, 0) is 17.5 Å². The minimum Gasteiger partial charge on any atom is -0.394 e. The van der Waals surface area contributed by atoms with E-state index in [1.165, 1.54) is 5.56 Å². The Balaban J connectivity index is 1.88. The van der Waals surface area contributed by atoms with Gasteiger partial charge in [0.15, 0.2) is 6.29 Å². The second kappa shape index (κ2) is 6.39. The number of hydrogen-bond acceptors (Lipinski definition) is 3. The van der Waals surface area contributed by atoms with Crippen LogP contribution >= 0.6 is 0 Å². The van der Waals surface area contributed by atoms with Crippen LogP contribution in [0.1, 0.15) is 36.0 Å². The third-order valence-electron chi connectivity index (χ3n) is 3.90. The standard InChI is InChI=1S/C18H20O3/c1-2-13-8-6-7-11-15(13)17-16(12-19)20-18(21-17)14-9-4-3-5-10-14/h3-11,16-19H,2,12H2,1H3. The topological polar surface area (TPSA) is 38.7 Å². The molecule has 3 unspecified atom stereocenters. The van der Waals surface area contributed by atoms with Gasteiger partial charge in [-0.1, -0.05) is 61.5 Å². The zero-order valence-electron chi connectivity index (χ0n) is 12.1. The molecule has 3 nitrogen and oxygen atoms in total. The average molecular weight is 284 g/mol. The molecule has 2 aromatic rings. The van der Waals surface area contributed by atoms with Crippen LogP contribution < -0.4 is 0 Å². The van der Waals surface area contributed by atoms with E-state index in [0.717, 1.165) is 17.5 Å². The van der Waals surface area contributed by atoms with E-state index in [0.29, 0.717) is 0 Å². The van der Waals surface area contributed by atoms with Gasteiger partial charge in [0.2, 0.25) is 0 Å². The lowest BCUT2D eigenvalue weighted by molar-refractivity contribution is -0.0740. The summed E-state index contributed by atoms with van der Waals surface area (Å²) in [7, 11) is 0. The first-order valence-corrected chi connectivity index (χ1v) is 7.38. The average Bonchev–Trinajstić information content (AvgIpc) is 2.99. The van der Waals surface area contributed by atoms with Gasteiger partial charge in [0.25, 0.3) is 0 Å². The molecule has 3 atom stereocenters. The van der Waals surface area contributed by atoms with Crippen LogP contribution in [-0.4, -0.2) is 17.8 Å². The zero-order valence-corrected chi connectivity index (χ0v) is 12.1. The zero-order chi connectivity index (χ0) is 14.7. The van der Waals surface area contributed by atoms with Crippen molar-refractivity contribution in [2.24, 2.45) is 0 Å². The summed E-state index contributed by atoms with van der Waals surface area (Å²) in [5, 5.41) is 9.62. The van der Waals surface area contributed by atoms with E-state index in [9.17, 15) is 5.11 Å². The molecule has 3 heteroatoms. The molecule has 2 aromatic carbocycles. The highest BCUT2D eigenvalue weighted by molar-refractivity contribution is 5.31. The summed E-state index contributed by atoms with van der Waals surface area (Å²) >= 11 is 0. The summed E-state index contributed by atoms with van der Waals surface area (Å²) in [4.78, 5) is 0. The number of aliphatic hydroxyl groups excluding tert-OH is 1. The third kappa shape index (κ3) is 2.86. The first-order chi connectivity index (χ1) is 10.3. The lowest BCUT2D eigenvalue weighted by Gasteiger charge is -2.18. The fourth-order valence-electron chi connectivity index (χ4n) is 2.80. The van der Waals surface area contributed by atoms with Crippen molar-refractivity contribution in [2.75, 3.05) is 6.61 Å². The Kier molecular flexibility index (Phi) is 4.34. The van der Waals surface area contributed by atoms with Gasteiger partial charge in [-0.25, -0.2) is 0 Å². The van der Waals surface area contributed by atoms with Crippen LogP contribution in [0.25, 0.3) is 0 Å². The van der Waals surface area contributed by atoms with Crippen molar-refractivity contribution in [1.29, 1.82) is 0 Å². The number of benzene rings is 2. The van der Waals surface area contributed by atoms with E-state index >= 15 is 0 Å². The van der Waals surface area contributed by atoms with Crippen molar-refractivity contribution >= 4 is 0 Å². The van der Waals surface area contributed by atoms with Gasteiger partial charge in [0.1, 0.15) is 12.2 Å². The van der Waals surface area contributed by atoms with Crippen molar-refractivity contribution in [3.63, 3.8) is 0 Å². The molecule has 0 amide bonds. The minimum atomic E-state index is -0.418. The Morgan fingerprint density at radius 2 is 1.67 bits per heavy atom. The highest BCUT2D eigenvalue weighted by Gasteiger charge is 2.38. The van der Waals surface area contributed by atoms with Gasteiger partial charge < -0.3 is 14.6 Å². The largest absolute Gasteiger partial charge is 0.394 e. The molecule has 1 fully saturated rings. The molecular weight excluding hydrogens is 264 g/mol. The number of rotatable bonds is 4. The van der Waals surface area contributed by atoms with Gasteiger partial charge in [0, 0.05) is 5.56 Å². The summed E-state index contributed by atoms with van der Waals surface area (Å²) in [6, 6.07) is 18.0. The van der Waals surface area contributed by atoms with Crippen LogP contribution in [0.3, 0.4) is 0 Å². The summed E-state index contributed by atoms with van der Waals surface area (Å²) in [6.07, 6.45) is -0.0398. The summed E-state index contributed by atoms with van der Waals surface area (Å²) in [5.41, 5.74) is 3.32. The maximum atomic E-state index is 9.62. The Morgan fingerprint density at radius 1 is 0.952 bits per heavy atom. The van der Waals surface area contributed by atoms with Crippen LogP contribution in [0.5, 0.6) is 0 Å². The van der Waals surface area contributed by atoms with Crippen molar-refractivity contribution in [1.82, 2.24) is 0 Å². The quantitative estimate of drug-likeness (QED) is 0.935. The van der Waals surface area contributed by atoms with Gasteiger partial charge in [-0.2, -0.15) is 0 Å². The Hall–Kier alpha value is -1.68. The van der Waals surface area contributed by atoms with Crippen LogP contribution in [-0.2, 0) is 15.9 Å². The first kappa shape index (κ1) is 14.3. The molecule has 3 rings (SSSR count). The molecular formula is C18H20O3. The number of aliphatic hydroxyl groups is 1. The van der Waals surface area contributed by atoms with Crippen molar-refractivity contribution in [2.45, 2.75) is 31.8 Å². The van der Waals surface area contributed by atoms with E-state index in [1.807, 2.05) is 42.5 Å². The molecule has 0 spiro atoms. The maximum Gasteiger partial charge on any atom is 0.185 e. The van der Waals surface area contributed by atoms with Crippen molar-refractivity contribution in [3.8, 4) is 0 Å². The minimum absolute atomic E-state index is 0.0496. The first-order valence-electron chi connectivity index (χ1n) is 7.38. The third-order valence-corrected chi connectivity index (χ3v) is 3.90. The molecule has 0 radical (unpaired) electrons. The number of aryl methyl sites for hydroxylation is 1. The predicted octanol–water partition coefficient (Wildman–Crippen LogP) is 3.40. The molecule has 1 heterocycles. The molecule has 0 aliphatic carbocycles. The molecule has 21 heavy (non-hydrogen) atoms. The van der Waals surface area contributed by atoms with Gasteiger partial charge in [-0.15, -0.1) is 0 Å². The monoisotopic (exact) mass is 284 g/mol. The van der Waals surface area contributed by atoms with Crippen LogP contribution in [0.15, 0.2) is 54.6 Å². The van der Waals surface area contributed by atoms with Crippen molar-refractivity contribution < 1.29 is 14.6 Å². The summed E-state index contributed by atoms with van der Waals surface area (Å²) in [6.45, 7) is 2.07. The van der Waals surface area contributed by atoms with Crippen molar-refractivity contribution in [3.05, 3.63) is 71.3 Å². The molecule has 1 saturated heterocycles. The maximum absolute atomic E-state index is 9.62. The van der Waals surface area contributed by atoms with E-state index in [1.54, 1.807) is 0 Å². The Bertz CT molecular complexity index is 582.